The minimum atomic E-state index is -4.93. The van der Waals surface area contributed by atoms with Crippen molar-refractivity contribution in [2.75, 3.05) is 32.7 Å². The number of hydrogen-bond acceptors (Lipinski definition) is 3. The summed E-state index contributed by atoms with van der Waals surface area (Å²) in [6, 6.07) is 5.13. The zero-order chi connectivity index (χ0) is 21.9. The Bertz CT molecular complexity index is 749. The Hall–Kier alpha value is -2.36. The van der Waals surface area contributed by atoms with Gasteiger partial charge in [-0.15, -0.1) is 0 Å². The van der Waals surface area contributed by atoms with Crippen LogP contribution in [0.3, 0.4) is 0 Å². The van der Waals surface area contributed by atoms with Crippen molar-refractivity contribution >= 4 is 12.0 Å². The van der Waals surface area contributed by atoms with E-state index in [0.717, 1.165) is 10.5 Å². The molecule has 2 unspecified atom stereocenters. The Balaban J connectivity index is 1.57. The van der Waals surface area contributed by atoms with Gasteiger partial charge in [0.25, 0.3) is 0 Å². The van der Waals surface area contributed by atoms with Crippen LogP contribution in [-0.4, -0.2) is 71.8 Å². The maximum absolute atomic E-state index is 13.2. The molecule has 1 aliphatic heterocycles. The fourth-order valence-electron chi connectivity index (χ4n) is 4.12. The lowest BCUT2D eigenvalue weighted by atomic mass is 9.96. The molecule has 2 aliphatic rings. The van der Waals surface area contributed by atoms with Crippen molar-refractivity contribution in [2.24, 2.45) is 5.92 Å². The number of alkyl halides is 3. The highest BCUT2D eigenvalue weighted by atomic mass is 19.4. The van der Waals surface area contributed by atoms with E-state index >= 15 is 0 Å². The number of piperidine rings is 1. The van der Waals surface area contributed by atoms with E-state index in [0.29, 0.717) is 45.4 Å². The van der Waals surface area contributed by atoms with Crippen LogP contribution in [0.25, 0.3) is 0 Å². The van der Waals surface area contributed by atoms with E-state index in [-0.39, 0.29) is 18.4 Å². The number of carbonyl (C=O) groups is 2. The standard InChI is InChI=1S/C20H25F4N3O3/c21-15-3-1-14(2-4-15)16-11-17(16)27(18(28)20(22,23)24)12-13-5-8-26(9-6-13)10-7-25-19(29)30/h1-4,13,16-17,25H,5-12H2,(H,29,30). The van der Waals surface area contributed by atoms with Gasteiger partial charge >= 0.3 is 18.2 Å². The van der Waals surface area contributed by atoms with E-state index in [2.05, 4.69) is 10.2 Å². The van der Waals surface area contributed by atoms with Gasteiger partial charge in [-0.05, 0) is 56.0 Å². The Morgan fingerprint density at radius 1 is 1.17 bits per heavy atom. The number of amides is 2. The minimum absolute atomic E-state index is 0.0436. The van der Waals surface area contributed by atoms with Crippen LogP contribution in [0.5, 0.6) is 0 Å². The number of halogens is 4. The number of carboxylic acid groups (broad SMARTS) is 1. The summed E-state index contributed by atoms with van der Waals surface area (Å²) in [7, 11) is 0. The Morgan fingerprint density at radius 3 is 2.37 bits per heavy atom. The molecule has 1 saturated heterocycles. The highest BCUT2D eigenvalue weighted by molar-refractivity contribution is 5.82. The number of hydrogen-bond donors (Lipinski definition) is 2. The van der Waals surface area contributed by atoms with E-state index in [1.807, 2.05) is 0 Å². The molecular weight excluding hydrogens is 406 g/mol. The summed E-state index contributed by atoms with van der Waals surface area (Å²) < 4.78 is 52.7. The SMILES string of the molecule is O=C(O)NCCN1CCC(CN(C(=O)C(F)(F)F)C2CC2c2ccc(F)cc2)CC1. The normalized spacial score (nSPS) is 22.5. The van der Waals surface area contributed by atoms with Gasteiger partial charge in [0.15, 0.2) is 0 Å². The van der Waals surface area contributed by atoms with Crippen LogP contribution in [0.4, 0.5) is 22.4 Å². The van der Waals surface area contributed by atoms with Crippen molar-refractivity contribution < 1.29 is 32.3 Å². The van der Waals surface area contributed by atoms with Crippen molar-refractivity contribution in [1.29, 1.82) is 0 Å². The van der Waals surface area contributed by atoms with Gasteiger partial charge in [0.1, 0.15) is 5.82 Å². The molecule has 1 aliphatic carbocycles. The average Bonchev–Trinajstić information content (AvgIpc) is 3.47. The predicted octanol–water partition coefficient (Wildman–Crippen LogP) is 3.05. The average molecular weight is 431 g/mol. The second-order valence-electron chi connectivity index (χ2n) is 7.93. The van der Waals surface area contributed by atoms with Crippen LogP contribution >= 0.6 is 0 Å². The molecule has 1 heterocycles. The number of nitrogens with one attached hydrogen (secondary N) is 1. The summed E-state index contributed by atoms with van der Waals surface area (Å²) in [6.07, 6.45) is -4.30. The van der Waals surface area contributed by atoms with E-state index in [4.69, 9.17) is 5.11 Å². The summed E-state index contributed by atoms with van der Waals surface area (Å²) in [5.41, 5.74) is 0.738. The molecule has 1 saturated carbocycles. The smallest absolute Gasteiger partial charge is 0.465 e. The van der Waals surface area contributed by atoms with Gasteiger partial charge in [-0.25, -0.2) is 9.18 Å². The first-order chi connectivity index (χ1) is 14.1. The third kappa shape index (κ3) is 5.84. The first-order valence-electron chi connectivity index (χ1n) is 9.97. The minimum Gasteiger partial charge on any atom is -0.465 e. The summed E-state index contributed by atoms with van der Waals surface area (Å²) in [6.45, 7) is 2.17. The fourth-order valence-corrected chi connectivity index (χ4v) is 4.12. The lowest BCUT2D eigenvalue weighted by molar-refractivity contribution is -0.187. The molecular formula is C20H25F4N3O3. The monoisotopic (exact) mass is 431 g/mol. The first kappa shape index (κ1) is 22.3. The van der Waals surface area contributed by atoms with Crippen molar-refractivity contribution in [3.63, 3.8) is 0 Å². The second-order valence-corrected chi connectivity index (χ2v) is 7.93. The highest BCUT2D eigenvalue weighted by Crippen LogP contribution is 2.46. The molecule has 10 heteroatoms. The molecule has 6 nitrogen and oxygen atoms in total. The van der Waals surface area contributed by atoms with Crippen LogP contribution in [0.1, 0.15) is 30.7 Å². The van der Waals surface area contributed by atoms with Gasteiger partial charge in [-0.3, -0.25) is 4.79 Å². The van der Waals surface area contributed by atoms with Crippen LogP contribution in [-0.2, 0) is 4.79 Å². The number of nitrogens with zero attached hydrogens (tertiary/aromatic N) is 2. The Labute approximate surface area is 171 Å². The van der Waals surface area contributed by atoms with Crippen molar-refractivity contribution in [2.45, 2.75) is 37.4 Å². The van der Waals surface area contributed by atoms with Crippen molar-refractivity contribution in [3.8, 4) is 0 Å². The predicted molar refractivity (Wildman–Crippen MR) is 101 cm³/mol. The van der Waals surface area contributed by atoms with Gasteiger partial charge in [-0.1, -0.05) is 12.1 Å². The van der Waals surface area contributed by atoms with Crippen LogP contribution < -0.4 is 5.32 Å². The van der Waals surface area contributed by atoms with Crippen molar-refractivity contribution in [1.82, 2.24) is 15.1 Å². The molecule has 1 aromatic rings. The molecule has 2 fully saturated rings. The molecule has 30 heavy (non-hydrogen) atoms. The number of carbonyl (C=O) groups excluding carboxylic acids is 1. The van der Waals surface area contributed by atoms with Gasteiger partial charge in [0, 0.05) is 31.6 Å². The first-order valence-corrected chi connectivity index (χ1v) is 9.97. The molecule has 0 radical (unpaired) electrons. The third-order valence-electron chi connectivity index (χ3n) is 5.82. The van der Waals surface area contributed by atoms with E-state index < -0.39 is 30.0 Å². The summed E-state index contributed by atoms with van der Waals surface area (Å²) in [5, 5.41) is 10.9. The summed E-state index contributed by atoms with van der Waals surface area (Å²) >= 11 is 0. The topological polar surface area (TPSA) is 72.9 Å². The maximum atomic E-state index is 13.2. The molecule has 166 valence electrons. The molecule has 2 atom stereocenters. The molecule has 0 spiro atoms. The number of likely N-dealkylation sites (tertiary alicyclic amines) is 1. The Kier molecular flexibility index (Phi) is 6.84. The lowest BCUT2D eigenvalue weighted by Crippen LogP contribution is -2.47. The van der Waals surface area contributed by atoms with Crippen LogP contribution in [0.2, 0.25) is 0 Å². The molecule has 0 aromatic heterocycles. The van der Waals surface area contributed by atoms with Crippen molar-refractivity contribution in [3.05, 3.63) is 35.6 Å². The third-order valence-corrected chi connectivity index (χ3v) is 5.82. The molecule has 1 aromatic carbocycles. The largest absolute Gasteiger partial charge is 0.471 e. The van der Waals surface area contributed by atoms with Gasteiger partial charge in [0.2, 0.25) is 0 Å². The van der Waals surface area contributed by atoms with Gasteiger partial charge < -0.3 is 20.2 Å². The molecule has 2 amide bonds. The fraction of sp³-hybridized carbons (Fsp3) is 0.600. The maximum Gasteiger partial charge on any atom is 0.471 e. The number of benzene rings is 1. The quantitative estimate of drug-likeness (QED) is 0.651. The second kappa shape index (κ2) is 9.20. The zero-order valence-electron chi connectivity index (χ0n) is 16.4. The molecule has 0 bridgehead atoms. The summed E-state index contributed by atoms with van der Waals surface area (Å²) in [5.74, 6) is -2.48. The van der Waals surface area contributed by atoms with E-state index in [9.17, 15) is 27.2 Å². The Morgan fingerprint density at radius 2 is 1.80 bits per heavy atom. The molecule has 3 rings (SSSR count). The zero-order valence-corrected chi connectivity index (χ0v) is 16.4. The van der Waals surface area contributed by atoms with E-state index in [1.54, 1.807) is 12.1 Å². The van der Waals surface area contributed by atoms with Gasteiger partial charge in [-0.2, -0.15) is 13.2 Å². The lowest BCUT2D eigenvalue weighted by Gasteiger charge is -2.35. The molecule has 2 N–H and O–H groups in total. The van der Waals surface area contributed by atoms with Crippen LogP contribution in [0, 0.1) is 11.7 Å². The van der Waals surface area contributed by atoms with Crippen LogP contribution in [0.15, 0.2) is 24.3 Å². The van der Waals surface area contributed by atoms with E-state index in [1.165, 1.54) is 12.1 Å². The highest BCUT2D eigenvalue weighted by Gasteiger charge is 2.52. The van der Waals surface area contributed by atoms with Gasteiger partial charge in [0.05, 0.1) is 0 Å². The number of rotatable bonds is 7. The summed E-state index contributed by atoms with van der Waals surface area (Å²) in [4.78, 5) is 25.6.